The highest BCUT2D eigenvalue weighted by molar-refractivity contribution is 5.80. The lowest BCUT2D eigenvalue weighted by molar-refractivity contribution is -0.305. The lowest BCUT2D eigenvalue weighted by Crippen LogP contribution is -2.61. The van der Waals surface area contributed by atoms with E-state index in [0.717, 1.165) is 89.9 Å². The number of hydrogen-bond donors (Lipinski definition) is 6. The van der Waals surface area contributed by atoms with Crippen molar-refractivity contribution in [3.05, 3.63) is 60.8 Å². The number of nitrogens with one attached hydrogen (secondary N) is 1. The van der Waals surface area contributed by atoms with E-state index in [1.54, 1.807) is 6.08 Å². The Morgan fingerprint density at radius 1 is 0.481 bits per heavy atom. The highest BCUT2D eigenvalue weighted by atomic mass is 16.7. The zero-order valence-corrected chi connectivity index (χ0v) is 52.4. The van der Waals surface area contributed by atoms with E-state index < -0.39 is 67.4 Å². The van der Waals surface area contributed by atoms with Crippen LogP contribution in [0.1, 0.15) is 310 Å². The average Bonchev–Trinajstić information content (AvgIpc) is 3.46. The van der Waals surface area contributed by atoms with Crippen LogP contribution in [0.4, 0.5) is 0 Å². The van der Waals surface area contributed by atoms with Crippen LogP contribution in [0.25, 0.3) is 0 Å². The van der Waals surface area contributed by atoms with Crippen LogP contribution in [0.2, 0.25) is 0 Å². The second kappa shape index (κ2) is 57.8. The molecule has 0 spiro atoms. The predicted octanol–water partition coefficient (Wildman–Crippen LogP) is 17.0. The average molecular weight is 1140 g/mol. The number of aliphatic hydroxyl groups is 5. The summed E-state index contributed by atoms with van der Waals surface area (Å²) in [5, 5.41) is 57.2. The van der Waals surface area contributed by atoms with Crippen molar-refractivity contribution in [3.63, 3.8) is 0 Å². The molecule has 8 unspecified atom stereocenters. The largest absolute Gasteiger partial charge is 0.454 e. The highest BCUT2D eigenvalue weighted by Crippen LogP contribution is 2.26. The molecule has 0 aromatic carbocycles. The molecule has 1 amide bonds. The molecule has 1 heterocycles. The van der Waals surface area contributed by atoms with Crippen molar-refractivity contribution in [2.45, 2.75) is 359 Å². The number of rotatable bonds is 58. The van der Waals surface area contributed by atoms with Gasteiger partial charge in [0.1, 0.15) is 24.4 Å². The van der Waals surface area contributed by atoms with Gasteiger partial charge in [-0.2, -0.15) is 0 Å². The quantitative estimate of drug-likeness (QED) is 0.0195. The van der Waals surface area contributed by atoms with E-state index in [2.05, 4.69) is 74.7 Å². The molecule has 0 radical (unpaired) electrons. The normalized spacial score (nSPS) is 19.0. The molecule has 1 aliphatic heterocycles. The third kappa shape index (κ3) is 45.4. The molecule has 1 fully saturated rings. The Morgan fingerprint density at radius 2 is 0.852 bits per heavy atom. The molecule has 0 aromatic heterocycles. The third-order valence-electron chi connectivity index (χ3n) is 15.9. The number of amides is 1. The minimum absolute atomic E-state index is 0.119. The Bertz CT molecular complexity index is 1550. The van der Waals surface area contributed by atoms with Crippen LogP contribution in [-0.2, 0) is 23.8 Å². The summed E-state index contributed by atoms with van der Waals surface area (Å²) in [5.74, 6) is -1.19. The molecule has 1 aliphatic rings. The highest BCUT2D eigenvalue weighted by Gasteiger charge is 2.47. The van der Waals surface area contributed by atoms with Gasteiger partial charge in [-0.3, -0.25) is 9.59 Å². The Balaban J connectivity index is 2.61. The number of allylic oxidation sites excluding steroid dienone is 9. The number of ether oxygens (including phenoxy) is 3. The summed E-state index contributed by atoms with van der Waals surface area (Å²) in [7, 11) is 0. The summed E-state index contributed by atoms with van der Waals surface area (Å²) < 4.78 is 17.7. The zero-order chi connectivity index (χ0) is 58.9. The molecular weight excluding hydrogens is 1010 g/mol. The van der Waals surface area contributed by atoms with E-state index in [1.807, 2.05) is 6.08 Å². The molecule has 0 aromatic rings. The summed E-state index contributed by atoms with van der Waals surface area (Å²) in [6.45, 7) is 5.77. The molecule has 0 bridgehead atoms. The fraction of sp³-hybridized carbons (Fsp3) is 0.829. The molecule has 1 saturated heterocycles. The van der Waals surface area contributed by atoms with Gasteiger partial charge in [0.2, 0.25) is 5.91 Å². The predicted molar refractivity (Wildman–Crippen MR) is 338 cm³/mol. The first-order chi connectivity index (χ1) is 39.7. The number of carbonyl (C=O) groups excluding carboxylic acids is 2. The molecule has 11 nitrogen and oxygen atoms in total. The lowest BCUT2D eigenvalue weighted by Gasteiger charge is -2.41. The summed E-state index contributed by atoms with van der Waals surface area (Å²) in [5.41, 5.74) is 0. The van der Waals surface area contributed by atoms with E-state index in [4.69, 9.17) is 14.2 Å². The first-order valence-corrected chi connectivity index (χ1v) is 34.1. The maximum Gasteiger partial charge on any atom is 0.306 e. The molecule has 11 heteroatoms. The van der Waals surface area contributed by atoms with Gasteiger partial charge in [0, 0.05) is 6.42 Å². The van der Waals surface area contributed by atoms with Crippen LogP contribution >= 0.6 is 0 Å². The number of hydrogen-bond acceptors (Lipinski definition) is 10. The number of unbranched alkanes of at least 4 members (excludes halogenated alkanes) is 36. The minimum atomic E-state index is -1.62. The summed E-state index contributed by atoms with van der Waals surface area (Å²) in [6.07, 6.45) is 62.5. The van der Waals surface area contributed by atoms with Crippen LogP contribution < -0.4 is 5.32 Å². The molecular formula is C70H127NO10. The van der Waals surface area contributed by atoms with Gasteiger partial charge in [-0.1, -0.05) is 274 Å². The first kappa shape index (κ1) is 76.4. The van der Waals surface area contributed by atoms with Gasteiger partial charge in [-0.15, -0.1) is 0 Å². The van der Waals surface area contributed by atoms with Crippen LogP contribution in [0.3, 0.4) is 0 Å². The molecule has 1 rings (SSSR count). The second-order valence-corrected chi connectivity index (χ2v) is 23.6. The molecule has 0 aliphatic carbocycles. The number of aliphatic hydroxyl groups excluding tert-OH is 5. The van der Waals surface area contributed by atoms with E-state index in [9.17, 15) is 35.1 Å². The van der Waals surface area contributed by atoms with Gasteiger partial charge in [0.15, 0.2) is 12.4 Å². The summed E-state index contributed by atoms with van der Waals surface area (Å²) in [4.78, 5) is 26.6. The number of carbonyl (C=O) groups is 2. The van der Waals surface area contributed by atoms with Crippen molar-refractivity contribution in [1.29, 1.82) is 0 Å². The first-order valence-electron chi connectivity index (χ1n) is 34.1. The van der Waals surface area contributed by atoms with Crippen molar-refractivity contribution in [3.8, 4) is 0 Å². The Morgan fingerprint density at radius 3 is 1.32 bits per heavy atom. The SMILES string of the molecule is CCCCC/C=C\C/C=C\C/C=C\CCCCCCCCCCCCCC(O)C(=O)NC(COC1OC(CO)C(O)C(O)C1OC(=O)CCCCCCCCC/C=C\CCCCCC)C(O)/C=C/CCCCCCCCCCCCC. The molecule has 81 heavy (non-hydrogen) atoms. The van der Waals surface area contributed by atoms with E-state index in [-0.39, 0.29) is 19.4 Å². The van der Waals surface area contributed by atoms with Crippen LogP contribution in [0, 0.1) is 0 Å². The smallest absolute Gasteiger partial charge is 0.306 e. The van der Waals surface area contributed by atoms with E-state index >= 15 is 0 Å². The monoisotopic (exact) mass is 1140 g/mol. The Labute approximate surface area is 497 Å². The topological polar surface area (TPSA) is 175 Å². The third-order valence-corrected chi connectivity index (χ3v) is 15.9. The second-order valence-electron chi connectivity index (χ2n) is 23.6. The minimum Gasteiger partial charge on any atom is -0.454 e. The molecule has 6 N–H and O–H groups in total. The van der Waals surface area contributed by atoms with Gasteiger partial charge in [0.25, 0.3) is 0 Å². The molecule has 472 valence electrons. The fourth-order valence-electron chi connectivity index (χ4n) is 10.5. The van der Waals surface area contributed by atoms with Gasteiger partial charge >= 0.3 is 5.97 Å². The van der Waals surface area contributed by atoms with Crippen molar-refractivity contribution in [2.24, 2.45) is 0 Å². The fourth-order valence-corrected chi connectivity index (χ4v) is 10.5. The standard InChI is InChI=1S/C70H127NO10/c1-4-7-10-13-16-19-22-25-27-28-29-30-31-32-33-34-35-37-39-42-45-48-51-54-57-63(74)69(78)71-61(62(73)56-53-50-47-44-41-38-24-21-18-15-12-9-6-3)60-79-70-68(67(77)66(76)64(59-72)80-70)81-65(75)58-55-52-49-46-43-40-36-26-23-20-17-14-11-8-5-2/h16,19-20,23,25,27,29-30,53,56,61-64,66-68,70,72-74,76-77H,4-15,17-18,21-22,24,26,28,31-52,54-55,57-60H2,1-3H3,(H,71,78)/b19-16-,23-20-,27-25-,30-29-,56-53+. The molecule has 8 atom stereocenters. The Kier molecular flexibility index (Phi) is 54.5. The summed E-state index contributed by atoms with van der Waals surface area (Å²) in [6, 6.07) is -1.03. The van der Waals surface area contributed by atoms with Crippen LogP contribution in [0.15, 0.2) is 60.8 Å². The lowest BCUT2D eigenvalue weighted by atomic mass is 9.99. The van der Waals surface area contributed by atoms with Gasteiger partial charge in [-0.05, 0) is 89.9 Å². The van der Waals surface area contributed by atoms with Gasteiger partial charge < -0.3 is 45.1 Å². The maximum absolute atomic E-state index is 13.5. The molecule has 0 saturated carbocycles. The van der Waals surface area contributed by atoms with Crippen LogP contribution in [-0.4, -0.2) is 99.6 Å². The Hall–Kier alpha value is -2.64. The van der Waals surface area contributed by atoms with Crippen molar-refractivity contribution >= 4 is 11.9 Å². The van der Waals surface area contributed by atoms with Crippen molar-refractivity contribution in [2.75, 3.05) is 13.2 Å². The van der Waals surface area contributed by atoms with Crippen molar-refractivity contribution < 1.29 is 49.3 Å². The zero-order valence-electron chi connectivity index (χ0n) is 52.4. The van der Waals surface area contributed by atoms with Gasteiger partial charge in [-0.25, -0.2) is 0 Å². The summed E-state index contributed by atoms with van der Waals surface area (Å²) >= 11 is 0. The van der Waals surface area contributed by atoms with E-state index in [1.165, 1.54) is 173 Å². The van der Waals surface area contributed by atoms with Crippen molar-refractivity contribution in [1.82, 2.24) is 5.32 Å². The van der Waals surface area contributed by atoms with Crippen LogP contribution in [0.5, 0.6) is 0 Å². The van der Waals surface area contributed by atoms with Gasteiger partial charge in [0.05, 0.1) is 25.4 Å². The maximum atomic E-state index is 13.5. The van der Waals surface area contributed by atoms with E-state index in [0.29, 0.717) is 12.8 Å². The number of esters is 1.